The normalized spacial score (nSPS) is 13.7. The van der Waals surface area contributed by atoms with Gasteiger partial charge in [0.05, 0.1) is 17.8 Å². The first-order chi connectivity index (χ1) is 14.1. The Morgan fingerprint density at radius 3 is 2.62 bits per heavy atom. The topological polar surface area (TPSA) is 63.1 Å². The summed E-state index contributed by atoms with van der Waals surface area (Å²) in [6, 6.07) is 14.0. The molecule has 0 saturated carbocycles. The average Bonchev–Trinajstić information content (AvgIpc) is 3.38. The summed E-state index contributed by atoms with van der Waals surface area (Å²) in [4.78, 5) is 19.4. The number of para-hydroxylation sites is 1. The van der Waals surface area contributed by atoms with E-state index in [0.717, 1.165) is 47.1 Å². The van der Waals surface area contributed by atoms with Gasteiger partial charge >= 0.3 is 0 Å². The van der Waals surface area contributed by atoms with Gasteiger partial charge in [-0.2, -0.15) is 5.10 Å². The van der Waals surface area contributed by atoms with Crippen LogP contribution in [0.25, 0.3) is 5.69 Å². The van der Waals surface area contributed by atoms with Crippen LogP contribution in [0.15, 0.2) is 48.7 Å². The second kappa shape index (κ2) is 8.47. The zero-order valence-corrected chi connectivity index (χ0v) is 17.1. The lowest BCUT2D eigenvalue weighted by Crippen LogP contribution is -2.25. The van der Waals surface area contributed by atoms with Crippen molar-refractivity contribution in [1.29, 1.82) is 0 Å². The van der Waals surface area contributed by atoms with Gasteiger partial charge in [0.1, 0.15) is 5.82 Å². The second-order valence-corrected chi connectivity index (χ2v) is 7.57. The molecule has 3 heterocycles. The molecule has 6 nitrogen and oxygen atoms in total. The summed E-state index contributed by atoms with van der Waals surface area (Å²) in [5.74, 6) is 1.01. The summed E-state index contributed by atoms with van der Waals surface area (Å²) >= 11 is 0. The number of amides is 1. The van der Waals surface area contributed by atoms with Crippen molar-refractivity contribution in [3.05, 3.63) is 71.2 Å². The Morgan fingerprint density at radius 1 is 1.10 bits per heavy atom. The number of carbonyl (C=O) groups excluding carboxylic acids is 1. The molecule has 4 rings (SSSR count). The van der Waals surface area contributed by atoms with E-state index in [0.29, 0.717) is 13.0 Å². The van der Waals surface area contributed by atoms with Gasteiger partial charge in [0.15, 0.2) is 0 Å². The largest absolute Gasteiger partial charge is 0.357 e. The molecule has 1 aliphatic rings. The third-order valence-corrected chi connectivity index (χ3v) is 5.51. The van der Waals surface area contributed by atoms with Gasteiger partial charge in [0.2, 0.25) is 5.91 Å². The molecule has 0 radical (unpaired) electrons. The molecule has 2 aromatic heterocycles. The predicted molar refractivity (Wildman–Crippen MR) is 114 cm³/mol. The van der Waals surface area contributed by atoms with Gasteiger partial charge in [-0.15, -0.1) is 0 Å². The van der Waals surface area contributed by atoms with Crippen molar-refractivity contribution in [3.8, 4) is 5.69 Å². The first kappa shape index (κ1) is 19.2. The molecule has 1 aliphatic heterocycles. The number of aromatic nitrogens is 3. The molecule has 1 aromatic carbocycles. The van der Waals surface area contributed by atoms with Crippen molar-refractivity contribution in [1.82, 2.24) is 20.1 Å². The number of aryl methyl sites for hydroxylation is 1. The van der Waals surface area contributed by atoms with Crippen LogP contribution in [0.1, 0.15) is 35.4 Å². The highest BCUT2D eigenvalue weighted by Gasteiger charge is 2.16. The van der Waals surface area contributed by atoms with E-state index in [2.05, 4.69) is 26.4 Å². The molecular weight excluding hydrogens is 362 g/mol. The van der Waals surface area contributed by atoms with Crippen LogP contribution in [-0.4, -0.2) is 33.8 Å². The van der Waals surface area contributed by atoms with Crippen molar-refractivity contribution < 1.29 is 4.79 Å². The highest BCUT2D eigenvalue weighted by molar-refractivity contribution is 5.79. The maximum Gasteiger partial charge on any atom is 0.224 e. The van der Waals surface area contributed by atoms with E-state index in [-0.39, 0.29) is 5.91 Å². The van der Waals surface area contributed by atoms with E-state index in [9.17, 15) is 4.79 Å². The number of anilines is 1. The Labute approximate surface area is 171 Å². The van der Waals surface area contributed by atoms with Gasteiger partial charge in [0, 0.05) is 37.1 Å². The zero-order valence-electron chi connectivity index (χ0n) is 17.1. The van der Waals surface area contributed by atoms with Gasteiger partial charge in [0.25, 0.3) is 0 Å². The molecule has 0 atom stereocenters. The third kappa shape index (κ3) is 4.31. The van der Waals surface area contributed by atoms with Crippen LogP contribution in [0.4, 0.5) is 5.82 Å². The Bertz CT molecular complexity index is 990. The number of hydrogen-bond acceptors (Lipinski definition) is 4. The third-order valence-electron chi connectivity index (χ3n) is 5.51. The van der Waals surface area contributed by atoms with E-state index in [4.69, 9.17) is 0 Å². The van der Waals surface area contributed by atoms with Gasteiger partial charge in [-0.05, 0) is 56.5 Å². The van der Waals surface area contributed by atoms with E-state index < -0.39 is 0 Å². The van der Waals surface area contributed by atoms with E-state index in [1.807, 2.05) is 61.1 Å². The monoisotopic (exact) mass is 389 g/mol. The maximum atomic E-state index is 12.6. The van der Waals surface area contributed by atoms with Crippen LogP contribution in [0.2, 0.25) is 0 Å². The Hall–Kier alpha value is -3.15. The molecule has 1 fully saturated rings. The summed E-state index contributed by atoms with van der Waals surface area (Å²) in [6.45, 7) is 6.60. The van der Waals surface area contributed by atoms with E-state index >= 15 is 0 Å². The Morgan fingerprint density at radius 2 is 1.86 bits per heavy atom. The standard InChI is InChI=1S/C23H27N5O/c1-17-21(18(2)28(26-17)20-8-4-3-5-9-20)15-23(29)25-16-19-10-11-24-22(14-19)27-12-6-7-13-27/h3-5,8-11,14H,6-7,12-13,15-16H2,1-2H3,(H,25,29). The molecule has 0 spiro atoms. The summed E-state index contributed by atoms with van der Waals surface area (Å²) in [5, 5.41) is 7.68. The van der Waals surface area contributed by atoms with Crippen molar-refractivity contribution in [2.24, 2.45) is 0 Å². The summed E-state index contributed by atoms with van der Waals surface area (Å²) in [7, 11) is 0. The minimum Gasteiger partial charge on any atom is -0.357 e. The van der Waals surface area contributed by atoms with Crippen LogP contribution < -0.4 is 10.2 Å². The average molecular weight is 390 g/mol. The molecule has 1 amide bonds. The molecule has 29 heavy (non-hydrogen) atoms. The summed E-state index contributed by atoms with van der Waals surface area (Å²) in [6.07, 6.45) is 4.60. The summed E-state index contributed by atoms with van der Waals surface area (Å²) in [5.41, 5.74) is 4.96. The first-order valence-electron chi connectivity index (χ1n) is 10.2. The lowest BCUT2D eigenvalue weighted by molar-refractivity contribution is -0.120. The maximum absolute atomic E-state index is 12.6. The molecule has 0 bridgehead atoms. The van der Waals surface area contributed by atoms with Gasteiger partial charge < -0.3 is 10.2 Å². The van der Waals surface area contributed by atoms with Crippen LogP contribution in [-0.2, 0) is 17.8 Å². The van der Waals surface area contributed by atoms with E-state index in [1.54, 1.807) is 0 Å². The fourth-order valence-corrected chi connectivity index (χ4v) is 3.86. The van der Waals surface area contributed by atoms with Crippen molar-refractivity contribution in [2.45, 2.75) is 39.7 Å². The van der Waals surface area contributed by atoms with Crippen molar-refractivity contribution >= 4 is 11.7 Å². The highest BCUT2D eigenvalue weighted by atomic mass is 16.1. The van der Waals surface area contributed by atoms with Crippen LogP contribution in [0.5, 0.6) is 0 Å². The molecule has 3 aromatic rings. The fraction of sp³-hybridized carbons (Fsp3) is 0.348. The number of nitrogens with one attached hydrogen (secondary N) is 1. The van der Waals surface area contributed by atoms with Crippen LogP contribution in [0.3, 0.4) is 0 Å². The van der Waals surface area contributed by atoms with Gasteiger partial charge in [-0.1, -0.05) is 18.2 Å². The number of carbonyl (C=O) groups is 1. The van der Waals surface area contributed by atoms with Gasteiger partial charge in [-0.3, -0.25) is 4.79 Å². The molecule has 1 saturated heterocycles. The molecule has 0 aliphatic carbocycles. The zero-order chi connectivity index (χ0) is 20.2. The lowest BCUT2D eigenvalue weighted by atomic mass is 10.1. The van der Waals surface area contributed by atoms with E-state index in [1.165, 1.54) is 12.8 Å². The highest BCUT2D eigenvalue weighted by Crippen LogP contribution is 2.20. The van der Waals surface area contributed by atoms with Crippen LogP contribution in [0, 0.1) is 13.8 Å². The van der Waals surface area contributed by atoms with Crippen molar-refractivity contribution in [2.75, 3.05) is 18.0 Å². The quantitative estimate of drug-likeness (QED) is 0.702. The molecular formula is C23H27N5O. The van der Waals surface area contributed by atoms with Gasteiger partial charge in [-0.25, -0.2) is 9.67 Å². The van der Waals surface area contributed by atoms with Crippen molar-refractivity contribution in [3.63, 3.8) is 0 Å². The van der Waals surface area contributed by atoms with Crippen LogP contribution >= 0.6 is 0 Å². The smallest absolute Gasteiger partial charge is 0.224 e. The Kier molecular flexibility index (Phi) is 5.60. The number of pyridine rings is 1. The minimum atomic E-state index is 0.00310. The molecule has 0 unspecified atom stereocenters. The summed E-state index contributed by atoms with van der Waals surface area (Å²) < 4.78 is 1.91. The lowest BCUT2D eigenvalue weighted by Gasteiger charge is -2.17. The molecule has 150 valence electrons. The first-order valence-corrected chi connectivity index (χ1v) is 10.2. The second-order valence-electron chi connectivity index (χ2n) is 7.57. The number of nitrogens with zero attached hydrogens (tertiary/aromatic N) is 4. The number of rotatable bonds is 6. The molecule has 1 N–H and O–H groups in total. The number of benzene rings is 1. The Balaban J connectivity index is 1.40. The number of hydrogen-bond donors (Lipinski definition) is 1. The predicted octanol–water partition coefficient (Wildman–Crippen LogP) is 3.34. The minimum absolute atomic E-state index is 0.00310. The SMILES string of the molecule is Cc1nn(-c2ccccc2)c(C)c1CC(=O)NCc1ccnc(N2CCCC2)c1. The molecule has 6 heteroatoms. The fourth-order valence-electron chi connectivity index (χ4n) is 3.86.